The lowest BCUT2D eigenvalue weighted by atomic mass is 9.94. The van der Waals surface area contributed by atoms with Gasteiger partial charge in [0, 0.05) is 31.6 Å². The predicted octanol–water partition coefficient (Wildman–Crippen LogP) is 1.22. The minimum atomic E-state index is -0.0320. The van der Waals surface area contributed by atoms with Crippen molar-refractivity contribution in [2.45, 2.75) is 46.1 Å². The molecule has 0 aromatic rings. The van der Waals surface area contributed by atoms with Gasteiger partial charge < -0.3 is 15.8 Å². The Morgan fingerprint density at radius 2 is 1.95 bits per heavy atom. The zero-order chi connectivity index (χ0) is 15.9. The highest BCUT2D eigenvalue weighted by molar-refractivity contribution is 5.76. The van der Waals surface area contributed by atoms with Crippen molar-refractivity contribution in [3.05, 3.63) is 0 Å². The molecule has 5 heteroatoms. The summed E-state index contributed by atoms with van der Waals surface area (Å²) in [4.78, 5) is 14.5. The summed E-state index contributed by atoms with van der Waals surface area (Å²) in [6.45, 7) is 13.4. The van der Waals surface area contributed by atoms with E-state index in [1.165, 1.54) is 0 Å². The minimum absolute atomic E-state index is 0.0320. The SMILES string of the molecule is CC(C)C[C@H](CN)CC(=O)NCC(C)(C)N1CCOCC1. The fourth-order valence-corrected chi connectivity index (χ4v) is 2.86. The van der Waals surface area contributed by atoms with Gasteiger partial charge >= 0.3 is 0 Å². The highest BCUT2D eigenvalue weighted by Crippen LogP contribution is 2.16. The summed E-state index contributed by atoms with van der Waals surface area (Å²) in [6.07, 6.45) is 1.55. The van der Waals surface area contributed by atoms with Crippen molar-refractivity contribution >= 4 is 5.91 Å². The van der Waals surface area contributed by atoms with E-state index in [4.69, 9.17) is 10.5 Å². The van der Waals surface area contributed by atoms with Gasteiger partial charge in [0.1, 0.15) is 0 Å². The van der Waals surface area contributed by atoms with Gasteiger partial charge in [-0.05, 0) is 38.6 Å². The third-order valence-corrected chi connectivity index (χ3v) is 4.20. The topological polar surface area (TPSA) is 67.6 Å². The molecule has 5 nitrogen and oxygen atoms in total. The fourth-order valence-electron chi connectivity index (χ4n) is 2.86. The van der Waals surface area contributed by atoms with E-state index in [9.17, 15) is 4.79 Å². The van der Waals surface area contributed by atoms with Crippen LogP contribution in [0.3, 0.4) is 0 Å². The molecule has 0 radical (unpaired) electrons. The maximum Gasteiger partial charge on any atom is 0.220 e. The van der Waals surface area contributed by atoms with Gasteiger partial charge in [-0.1, -0.05) is 13.8 Å². The molecule has 0 saturated carbocycles. The molecular weight excluding hydrogens is 266 g/mol. The zero-order valence-corrected chi connectivity index (χ0v) is 14.2. The van der Waals surface area contributed by atoms with Gasteiger partial charge in [-0.2, -0.15) is 0 Å². The molecule has 0 aliphatic carbocycles. The number of rotatable bonds is 8. The summed E-state index contributed by atoms with van der Waals surface area (Å²) >= 11 is 0. The first-order chi connectivity index (χ1) is 9.85. The number of nitrogens with one attached hydrogen (secondary N) is 1. The summed E-state index contributed by atoms with van der Waals surface area (Å²) in [5.74, 6) is 0.986. The van der Waals surface area contributed by atoms with E-state index in [0.717, 1.165) is 32.7 Å². The number of carbonyl (C=O) groups is 1. The second-order valence-corrected chi connectivity index (χ2v) is 7.12. The van der Waals surface area contributed by atoms with E-state index in [2.05, 4.69) is 37.9 Å². The van der Waals surface area contributed by atoms with Crippen molar-refractivity contribution in [2.24, 2.45) is 17.6 Å². The first kappa shape index (κ1) is 18.4. The van der Waals surface area contributed by atoms with E-state index < -0.39 is 0 Å². The Morgan fingerprint density at radius 1 is 1.33 bits per heavy atom. The lowest BCUT2D eigenvalue weighted by Gasteiger charge is -2.40. The van der Waals surface area contributed by atoms with Crippen LogP contribution in [0.25, 0.3) is 0 Å². The summed E-state index contributed by atoms with van der Waals surface area (Å²) in [6, 6.07) is 0. The summed E-state index contributed by atoms with van der Waals surface area (Å²) in [7, 11) is 0. The molecule has 21 heavy (non-hydrogen) atoms. The molecule has 0 aromatic heterocycles. The second kappa shape index (κ2) is 8.71. The molecule has 0 unspecified atom stereocenters. The van der Waals surface area contributed by atoms with Crippen LogP contribution in [0.5, 0.6) is 0 Å². The summed E-state index contributed by atoms with van der Waals surface area (Å²) in [5, 5.41) is 3.08. The van der Waals surface area contributed by atoms with Crippen LogP contribution in [0.4, 0.5) is 0 Å². The van der Waals surface area contributed by atoms with Crippen molar-refractivity contribution in [1.82, 2.24) is 10.2 Å². The highest BCUT2D eigenvalue weighted by atomic mass is 16.5. The Bertz CT molecular complexity index is 313. The lowest BCUT2D eigenvalue weighted by molar-refractivity contribution is -0.122. The smallest absolute Gasteiger partial charge is 0.220 e. The van der Waals surface area contributed by atoms with Crippen molar-refractivity contribution in [3.63, 3.8) is 0 Å². The molecule has 3 N–H and O–H groups in total. The third kappa shape index (κ3) is 6.76. The van der Waals surface area contributed by atoms with Crippen LogP contribution in [-0.4, -0.2) is 55.7 Å². The predicted molar refractivity (Wildman–Crippen MR) is 86.1 cm³/mol. The molecule has 1 atom stereocenters. The van der Waals surface area contributed by atoms with Crippen LogP contribution in [0.2, 0.25) is 0 Å². The number of ether oxygens (including phenoxy) is 1. The second-order valence-electron chi connectivity index (χ2n) is 7.12. The maximum absolute atomic E-state index is 12.1. The molecule has 1 saturated heterocycles. The molecule has 1 amide bonds. The largest absolute Gasteiger partial charge is 0.379 e. The molecule has 1 heterocycles. The Morgan fingerprint density at radius 3 is 2.48 bits per heavy atom. The van der Waals surface area contributed by atoms with E-state index in [1.54, 1.807) is 0 Å². The summed E-state index contributed by atoms with van der Waals surface area (Å²) < 4.78 is 5.38. The normalized spacial score (nSPS) is 18.8. The van der Waals surface area contributed by atoms with Gasteiger partial charge in [0.15, 0.2) is 0 Å². The van der Waals surface area contributed by atoms with Gasteiger partial charge in [-0.25, -0.2) is 0 Å². The molecule has 1 aliphatic rings. The lowest BCUT2D eigenvalue weighted by Crippen LogP contribution is -2.55. The molecule has 1 fully saturated rings. The molecule has 1 rings (SSSR count). The Hall–Kier alpha value is -0.650. The molecule has 0 bridgehead atoms. The van der Waals surface area contributed by atoms with Gasteiger partial charge in [0.2, 0.25) is 5.91 Å². The number of amides is 1. The first-order valence-corrected chi connectivity index (χ1v) is 8.14. The number of nitrogens with zero attached hydrogens (tertiary/aromatic N) is 1. The Labute approximate surface area is 129 Å². The third-order valence-electron chi connectivity index (χ3n) is 4.20. The molecule has 0 spiro atoms. The monoisotopic (exact) mass is 299 g/mol. The average Bonchev–Trinajstić information content (AvgIpc) is 2.45. The van der Waals surface area contributed by atoms with Crippen LogP contribution < -0.4 is 11.1 Å². The zero-order valence-electron chi connectivity index (χ0n) is 14.2. The fraction of sp³-hybridized carbons (Fsp3) is 0.938. The molecule has 124 valence electrons. The highest BCUT2D eigenvalue weighted by Gasteiger charge is 2.28. The summed E-state index contributed by atoms with van der Waals surface area (Å²) in [5.41, 5.74) is 5.73. The van der Waals surface area contributed by atoms with Crippen molar-refractivity contribution in [2.75, 3.05) is 39.4 Å². The molecule has 1 aliphatic heterocycles. The number of hydrogen-bond donors (Lipinski definition) is 2. The van der Waals surface area contributed by atoms with Crippen LogP contribution in [0.15, 0.2) is 0 Å². The minimum Gasteiger partial charge on any atom is -0.379 e. The maximum atomic E-state index is 12.1. The standard InChI is InChI=1S/C16H33N3O2/c1-13(2)9-14(11-17)10-15(20)18-12-16(3,4)19-5-7-21-8-6-19/h13-14H,5-12,17H2,1-4H3,(H,18,20)/t14-/m0/s1. The molecule has 0 aromatic carbocycles. The number of morpholine rings is 1. The number of carbonyl (C=O) groups excluding carboxylic acids is 1. The van der Waals surface area contributed by atoms with Gasteiger partial charge in [0.05, 0.1) is 13.2 Å². The van der Waals surface area contributed by atoms with E-state index in [1.807, 2.05) is 0 Å². The first-order valence-electron chi connectivity index (χ1n) is 8.14. The van der Waals surface area contributed by atoms with E-state index in [-0.39, 0.29) is 17.4 Å². The van der Waals surface area contributed by atoms with Gasteiger partial charge in [0.25, 0.3) is 0 Å². The van der Waals surface area contributed by atoms with Crippen LogP contribution >= 0.6 is 0 Å². The number of nitrogens with two attached hydrogens (primary N) is 1. The van der Waals surface area contributed by atoms with Crippen LogP contribution in [0, 0.1) is 11.8 Å². The van der Waals surface area contributed by atoms with Crippen LogP contribution in [0.1, 0.15) is 40.5 Å². The van der Waals surface area contributed by atoms with Crippen molar-refractivity contribution in [3.8, 4) is 0 Å². The number of hydrogen-bond acceptors (Lipinski definition) is 4. The quantitative estimate of drug-likeness (QED) is 0.707. The van der Waals surface area contributed by atoms with E-state index in [0.29, 0.717) is 25.4 Å². The molecular formula is C16H33N3O2. The van der Waals surface area contributed by atoms with Crippen LogP contribution in [-0.2, 0) is 9.53 Å². The van der Waals surface area contributed by atoms with Gasteiger partial charge in [-0.15, -0.1) is 0 Å². The van der Waals surface area contributed by atoms with E-state index >= 15 is 0 Å². The van der Waals surface area contributed by atoms with Crippen molar-refractivity contribution < 1.29 is 9.53 Å². The Kier molecular flexibility index (Phi) is 7.63. The van der Waals surface area contributed by atoms with Gasteiger partial charge in [-0.3, -0.25) is 9.69 Å². The Balaban J connectivity index is 2.36. The average molecular weight is 299 g/mol. The van der Waals surface area contributed by atoms with Crippen molar-refractivity contribution in [1.29, 1.82) is 0 Å².